The number of hydrogen-bond donors (Lipinski definition) is 1. The van der Waals surface area contributed by atoms with Crippen molar-refractivity contribution in [2.75, 3.05) is 19.8 Å². The quantitative estimate of drug-likeness (QED) is 0.822. The third-order valence-electron chi connectivity index (χ3n) is 3.66. The van der Waals surface area contributed by atoms with Crippen LogP contribution in [0, 0.1) is 5.92 Å². The standard InChI is InChI=1S/C15H25N3O3/c1-12(8-15(2)20-6-7-21-15)9-16-14(19)5-4-13-10-17-18(3)11-13/h10-12H,4-9H2,1-3H3,(H,16,19)/t12-/m1/s1. The predicted octanol–water partition coefficient (Wildman–Crippen LogP) is 1.26. The Morgan fingerprint density at radius 3 is 2.86 bits per heavy atom. The second kappa shape index (κ2) is 7.04. The van der Waals surface area contributed by atoms with Crippen LogP contribution in [0.5, 0.6) is 0 Å². The van der Waals surface area contributed by atoms with Gasteiger partial charge in [-0.15, -0.1) is 0 Å². The van der Waals surface area contributed by atoms with Crippen molar-refractivity contribution in [3.05, 3.63) is 18.0 Å². The lowest BCUT2D eigenvalue weighted by Crippen LogP contribution is -2.34. The highest BCUT2D eigenvalue weighted by Crippen LogP contribution is 2.26. The summed E-state index contributed by atoms with van der Waals surface area (Å²) in [4.78, 5) is 11.8. The highest BCUT2D eigenvalue weighted by Gasteiger charge is 2.32. The van der Waals surface area contributed by atoms with Crippen molar-refractivity contribution in [3.63, 3.8) is 0 Å². The van der Waals surface area contributed by atoms with Gasteiger partial charge in [-0.3, -0.25) is 9.48 Å². The van der Waals surface area contributed by atoms with Crippen LogP contribution in [0.15, 0.2) is 12.4 Å². The third kappa shape index (κ3) is 5.13. The first kappa shape index (κ1) is 16.0. The molecule has 6 nitrogen and oxygen atoms in total. The summed E-state index contributed by atoms with van der Waals surface area (Å²) in [5.41, 5.74) is 1.08. The zero-order chi connectivity index (χ0) is 15.3. The van der Waals surface area contributed by atoms with Crippen molar-refractivity contribution in [1.29, 1.82) is 0 Å². The zero-order valence-corrected chi connectivity index (χ0v) is 13.1. The van der Waals surface area contributed by atoms with Crippen LogP contribution in [-0.4, -0.2) is 41.2 Å². The number of hydrogen-bond acceptors (Lipinski definition) is 4. The minimum Gasteiger partial charge on any atom is -0.356 e. The van der Waals surface area contributed by atoms with E-state index in [-0.39, 0.29) is 5.91 Å². The molecule has 0 unspecified atom stereocenters. The molecule has 2 heterocycles. The molecule has 1 aromatic rings. The Morgan fingerprint density at radius 1 is 1.52 bits per heavy atom. The predicted molar refractivity (Wildman–Crippen MR) is 78.6 cm³/mol. The molecule has 0 aliphatic carbocycles. The lowest BCUT2D eigenvalue weighted by molar-refractivity contribution is -0.154. The van der Waals surface area contributed by atoms with E-state index in [4.69, 9.17) is 9.47 Å². The monoisotopic (exact) mass is 295 g/mol. The molecule has 1 fully saturated rings. The molecule has 1 aromatic heterocycles. The number of amides is 1. The van der Waals surface area contributed by atoms with Crippen LogP contribution in [0.1, 0.15) is 32.3 Å². The summed E-state index contributed by atoms with van der Waals surface area (Å²) in [5, 5.41) is 7.06. The van der Waals surface area contributed by atoms with Gasteiger partial charge in [0, 0.05) is 32.6 Å². The minimum absolute atomic E-state index is 0.0733. The Labute approximate surface area is 125 Å². The highest BCUT2D eigenvalue weighted by molar-refractivity contribution is 5.76. The Hall–Kier alpha value is -1.40. The Balaban J connectivity index is 1.64. The average Bonchev–Trinajstić information content (AvgIpc) is 3.03. The largest absolute Gasteiger partial charge is 0.356 e. The van der Waals surface area contributed by atoms with Gasteiger partial charge in [-0.1, -0.05) is 6.92 Å². The molecule has 1 N–H and O–H groups in total. The second-order valence-corrected chi connectivity index (χ2v) is 5.97. The maximum absolute atomic E-state index is 11.8. The normalized spacial score (nSPS) is 18.6. The molecular formula is C15H25N3O3. The van der Waals surface area contributed by atoms with Gasteiger partial charge in [0.2, 0.25) is 5.91 Å². The maximum atomic E-state index is 11.8. The molecule has 0 spiro atoms. The molecule has 1 aliphatic rings. The van der Waals surface area contributed by atoms with E-state index < -0.39 is 5.79 Å². The molecular weight excluding hydrogens is 270 g/mol. The fraction of sp³-hybridized carbons (Fsp3) is 0.733. The molecule has 0 aromatic carbocycles. The molecule has 118 valence electrons. The van der Waals surface area contributed by atoms with Gasteiger partial charge in [-0.25, -0.2) is 0 Å². The molecule has 1 saturated heterocycles. The van der Waals surface area contributed by atoms with Crippen molar-refractivity contribution < 1.29 is 14.3 Å². The van der Waals surface area contributed by atoms with Crippen molar-refractivity contribution >= 4 is 5.91 Å². The summed E-state index contributed by atoms with van der Waals surface area (Å²) < 4.78 is 12.9. The maximum Gasteiger partial charge on any atom is 0.220 e. The van der Waals surface area contributed by atoms with E-state index in [9.17, 15) is 4.79 Å². The first-order valence-corrected chi connectivity index (χ1v) is 7.49. The van der Waals surface area contributed by atoms with E-state index in [2.05, 4.69) is 17.3 Å². The van der Waals surface area contributed by atoms with E-state index in [0.29, 0.717) is 32.1 Å². The van der Waals surface area contributed by atoms with Gasteiger partial charge >= 0.3 is 0 Å². The SMILES string of the molecule is C[C@@H](CNC(=O)CCc1cnn(C)c1)CC1(C)OCCO1. The van der Waals surface area contributed by atoms with Crippen LogP contribution in [-0.2, 0) is 27.7 Å². The number of nitrogens with one attached hydrogen (secondary N) is 1. The van der Waals surface area contributed by atoms with Gasteiger partial charge < -0.3 is 14.8 Å². The lowest BCUT2D eigenvalue weighted by Gasteiger charge is -2.26. The van der Waals surface area contributed by atoms with Gasteiger partial charge in [0.25, 0.3) is 0 Å². The lowest BCUT2D eigenvalue weighted by atomic mass is 10.0. The molecule has 0 saturated carbocycles. The van der Waals surface area contributed by atoms with Crippen molar-refractivity contribution in [1.82, 2.24) is 15.1 Å². The van der Waals surface area contributed by atoms with Gasteiger partial charge in [0.05, 0.1) is 19.4 Å². The Bertz CT molecular complexity index is 466. The molecule has 21 heavy (non-hydrogen) atoms. The third-order valence-corrected chi connectivity index (χ3v) is 3.66. The minimum atomic E-state index is -0.486. The van der Waals surface area contributed by atoms with E-state index in [1.165, 1.54) is 0 Å². The number of carbonyl (C=O) groups is 1. The summed E-state index contributed by atoms with van der Waals surface area (Å²) in [6, 6.07) is 0. The number of aromatic nitrogens is 2. The summed E-state index contributed by atoms with van der Waals surface area (Å²) in [6.07, 6.45) is 5.73. The first-order valence-electron chi connectivity index (χ1n) is 7.49. The average molecular weight is 295 g/mol. The van der Waals surface area contributed by atoms with Crippen molar-refractivity contribution in [2.24, 2.45) is 13.0 Å². The molecule has 6 heteroatoms. The zero-order valence-electron chi connectivity index (χ0n) is 13.1. The number of ether oxygens (including phenoxy) is 2. The van der Waals surface area contributed by atoms with Crippen LogP contribution in [0.4, 0.5) is 0 Å². The molecule has 0 radical (unpaired) electrons. The van der Waals surface area contributed by atoms with Gasteiger partial charge in [0.15, 0.2) is 5.79 Å². The van der Waals surface area contributed by atoms with Crippen LogP contribution in [0.3, 0.4) is 0 Å². The molecule has 1 atom stereocenters. The summed E-state index contributed by atoms with van der Waals surface area (Å²) >= 11 is 0. The van der Waals surface area contributed by atoms with Crippen LogP contribution in [0.25, 0.3) is 0 Å². The summed E-state index contributed by atoms with van der Waals surface area (Å²) in [6.45, 7) is 6.01. The van der Waals surface area contributed by atoms with E-state index in [1.54, 1.807) is 10.9 Å². The Morgan fingerprint density at radius 2 is 2.24 bits per heavy atom. The van der Waals surface area contributed by atoms with E-state index >= 15 is 0 Å². The van der Waals surface area contributed by atoms with Gasteiger partial charge in [-0.05, 0) is 24.8 Å². The van der Waals surface area contributed by atoms with Crippen molar-refractivity contribution in [2.45, 2.75) is 38.9 Å². The van der Waals surface area contributed by atoms with E-state index in [0.717, 1.165) is 18.4 Å². The number of nitrogens with zero attached hydrogens (tertiary/aromatic N) is 2. The molecule has 1 aliphatic heterocycles. The number of carbonyl (C=O) groups excluding carboxylic acids is 1. The second-order valence-electron chi connectivity index (χ2n) is 5.97. The van der Waals surface area contributed by atoms with Gasteiger partial charge in [0.1, 0.15) is 0 Å². The summed E-state index contributed by atoms with van der Waals surface area (Å²) in [5.74, 6) is -0.0978. The van der Waals surface area contributed by atoms with Crippen molar-refractivity contribution in [3.8, 4) is 0 Å². The first-order chi connectivity index (χ1) is 9.97. The van der Waals surface area contributed by atoms with Gasteiger partial charge in [-0.2, -0.15) is 5.10 Å². The fourth-order valence-electron chi connectivity index (χ4n) is 2.62. The molecule has 0 bridgehead atoms. The Kier molecular flexibility index (Phi) is 5.36. The van der Waals surface area contributed by atoms with E-state index in [1.807, 2.05) is 20.2 Å². The number of rotatable bonds is 7. The molecule has 1 amide bonds. The van der Waals surface area contributed by atoms with Crippen LogP contribution < -0.4 is 5.32 Å². The highest BCUT2D eigenvalue weighted by atomic mass is 16.7. The van der Waals surface area contributed by atoms with Crippen LogP contribution in [0.2, 0.25) is 0 Å². The molecule has 2 rings (SSSR count). The topological polar surface area (TPSA) is 65.4 Å². The summed E-state index contributed by atoms with van der Waals surface area (Å²) in [7, 11) is 1.87. The number of aryl methyl sites for hydroxylation is 2. The smallest absolute Gasteiger partial charge is 0.220 e. The van der Waals surface area contributed by atoms with Crippen LogP contribution >= 0.6 is 0 Å². The fourth-order valence-corrected chi connectivity index (χ4v) is 2.62.